The Morgan fingerprint density at radius 2 is 2.47 bits per heavy atom. The van der Waals surface area contributed by atoms with E-state index in [9.17, 15) is 8.42 Å². The Bertz CT molecular complexity index is 453. The molecule has 7 heteroatoms. The number of nitrogens with zero attached hydrogens (tertiary/aromatic N) is 1. The molecule has 1 aromatic heterocycles. The quantitative estimate of drug-likeness (QED) is 0.681. The minimum absolute atomic E-state index is 0.0317. The van der Waals surface area contributed by atoms with Crippen molar-refractivity contribution in [1.82, 2.24) is 14.9 Å². The molecule has 1 heterocycles. The largest absolute Gasteiger partial charge is 0.383 e. The lowest BCUT2D eigenvalue weighted by molar-refractivity contribution is 0.576. The third kappa shape index (κ3) is 1.98. The molecule has 1 aromatic rings. The number of hydrogen-bond acceptors (Lipinski definition) is 4. The summed E-state index contributed by atoms with van der Waals surface area (Å²) < 4.78 is 26.2. The maximum absolute atomic E-state index is 11.8. The van der Waals surface area contributed by atoms with Crippen molar-refractivity contribution in [3.63, 3.8) is 0 Å². The molecular formula is C8H14N4O2S. The van der Waals surface area contributed by atoms with Crippen LogP contribution in [0, 0.1) is 5.92 Å². The Labute approximate surface area is 88.3 Å². The molecule has 1 fully saturated rings. The van der Waals surface area contributed by atoms with E-state index in [0.29, 0.717) is 5.92 Å². The Morgan fingerprint density at radius 3 is 2.93 bits per heavy atom. The van der Waals surface area contributed by atoms with Gasteiger partial charge >= 0.3 is 0 Å². The summed E-state index contributed by atoms with van der Waals surface area (Å²) in [6, 6.07) is 0.0642. The van der Waals surface area contributed by atoms with Crippen LogP contribution >= 0.6 is 0 Å². The molecular weight excluding hydrogens is 216 g/mol. The third-order valence-corrected chi connectivity index (χ3v) is 4.19. The molecule has 2 unspecified atom stereocenters. The van der Waals surface area contributed by atoms with Gasteiger partial charge in [0.2, 0.25) is 10.0 Å². The number of sulfonamides is 1. The summed E-state index contributed by atoms with van der Waals surface area (Å²) in [7, 11) is -3.50. The first-order valence-corrected chi connectivity index (χ1v) is 6.34. The van der Waals surface area contributed by atoms with Crippen LogP contribution in [0.1, 0.15) is 19.8 Å². The summed E-state index contributed by atoms with van der Waals surface area (Å²) in [5.41, 5.74) is 5.45. The average Bonchev–Trinajstić information content (AvgIpc) is 2.74. The normalized spacial score (nSPS) is 25.4. The SMILES string of the molecule is CCC1CC1NS(=O)(=O)c1cn[nH]c1N. The molecule has 0 aliphatic heterocycles. The van der Waals surface area contributed by atoms with E-state index in [0.717, 1.165) is 12.8 Å². The Kier molecular flexibility index (Phi) is 2.43. The fraction of sp³-hybridized carbons (Fsp3) is 0.625. The van der Waals surface area contributed by atoms with Gasteiger partial charge in [-0.2, -0.15) is 5.10 Å². The number of aromatic amines is 1. The van der Waals surface area contributed by atoms with E-state index in [-0.39, 0.29) is 16.8 Å². The molecule has 6 nitrogen and oxygen atoms in total. The van der Waals surface area contributed by atoms with Gasteiger partial charge in [0.05, 0.1) is 6.20 Å². The van der Waals surface area contributed by atoms with Crippen LogP contribution in [-0.4, -0.2) is 24.7 Å². The number of rotatable bonds is 4. The predicted octanol–water partition coefficient (Wildman–Crippen LogP) is 0.0687. The van der Waals surface area contributed by atoms with Gasteiger partial charge in [0.15, 0.2) is 0 Å². The topological polar surface area (TPSA) is 101 Å². The maximum atomic E-state index is 11.8. The molecule has 2 atom stereocenters. The second-order valence-corrected chi connectivity index (χ2v) is 5.46. The van der Waals surface area contributed by atoms with Crippen LogP contribution in [0.5, 0.6) is 0 Å². The molecule has 84 valence electrons. The molecule has 0 saturated heterocycles. The van der Waals surface area contributed by atoms with Crippen LogP contribution in [0.3, 0.4) is 0 Å². The van der Waals surface area contributed by atoms with Gasteiger partial charge in [-0.15, -0.1) is 0 Å². The van der Waals surface area contributed by atoms with Crippen molar-refractivity contribution in [2.24, 2.45) is 5.92 Å². The van der Waals surface area contributed by atoms with Crippen LogP contribution < -0.4 is 10.5 Å². The number of nitrogens with one attached hydrogen (secondary N) is 2. The van der Waals surface area contributed by atoms with E-state index in [1.54, 1.807) is 0 Å². The van der Waals surface area contributed by atoms with Gasteiger partial charge in [-0.25, -0.2) is 13.1 Å². The second-order valence-electron chi connectivity index (χ2n) is 3.78. The smallest absolute Gasteiger partial charge is 0.246 e. The molecule has 0 radical (unpaired) electrons. The van der Waals surface area contributed by atoms with Gasteiger partial charge in [0, 0.05) is 6.04 Å². The molecule has 4 N–H and O–H groups in total. The number of anilines is 1. The van der Waals surface area contributed by atoms with Crippen LogP contribution in [-0.2, 0) is 10.0 Å². The van der Waals surface area contributed by atoms with E-state index in [4.69, 9.17) is 5.73 Å². The summed E-state index contributed by atoms with van der Waals surface area (Å²) in [4.78, 5) is 0.0317. The monoisotopic (exact) mass is 230 g/mol. The molecule has 1 saturated carbocycles. The van der Waals surface area contributed by atoms with E-state index in [2.05, 4.69) is 14.9 Å². The lowest BCUT2D eigenvalue weighted by Gasteiger charge is -2.03. The molecule has 0 bridgehead atoms. The Hall–Kier alpha value is -1.08. The molecule has 0 aromatic carbocycles. The maximum Gasteiger partial charge on any atom is 0.246 e. The number of nitrogen functional groups attached to an aromatic ring is 1. The molecule has 15 heavy (non-hydrogen) atoms. The Balaban J connectivity index is 2.12. The van der Waals surface area contributed by atoms with Crippen LogP contribution in [0.15, 0.2) is 11.1 Å². The van der Waals surface area contributed by atoms with E-state index in [1.807, 2.05) is 6.92 Å². The molecule has 1 aliphatic carbocycles. The van der Waals surface area contributed by atoms with Crippen LogP contribution in [0.25, 0.3) is 0 Å². The minimum atomic E-state index is -3.50. The van der Waals surface area contributed by atoms with Crippen molar-refractivity contribution < 1.29 is 8.42 Å². The van der Waals surface area contributed by atoms with Gasteiger partial charge in [0.25, 0.3) is 0 Å². The number of H-pyrrole nitrogens is 1. The third-order valence-electron chi connectivity index (χ3n) is 2.68. The van der Waals surface area contributed by atoms with E-state index < -0.39 is 10.0 Å². The van der Waals surface area contributed by atoms with Gasteiger partial charge in [-0.1, -0.05) is 13.3 Å². The van der Waals surface area contributed by atoms with Crippen molar-refractivity contribution in [3.05, 3.63) is 6.20 Å². The van der Waals surface area contributed by atoms with Gasteiger partial charge < -0.3 is 5.73 Å². The summed E-state index contributed by atoms with van der Waals surface area (Å²) in [6.07, 6.45) is 3.13. The van der Waals surface area contributed by atoms with Gasteiger partial charge in [0.1, 0.15) is 10.7 Å². The second kappa shape index (κ2) is 3.49. The molecule has 2 rings (SSSR count). The zero-order valence-electron chi connectivity index (χ0n) is 8.40. The first-order valence-electron chi connectivity index (χ1n) is 4.85. The average molecular weight is 230 g/mol. The van der Waals surface area contributed by atoms with Crippen LogP contribution in [0.2, 0.25) is 0 Å². The highest BCUT2D eigenvalue weighted by Crippen LogP contribution is 2.34. The fourth-order valence-corrected chi connectivity index (χ4v) is 2.95. The highest BCUT2D eigenvalue weighted by Gasteiger charge is 2.39. The first kappa shape index (κ1) is 10.4. The van der Waals surface area contributed by atoms with E-state index in [1.165, 1.54) is 6.20 Å². The van der Waals surface area contributed by atoms with Crippen LogP contribution in [0.4, 0.5) is 5.82 Å². The lowest BCUT2D eigenvalue weighted by Crippen LogP contribution is -2.27. The number of nitrogens with two attached hydrogens (primary N) is 1. The minimum Gasteiger partial charge on any atom is -0.383 e. The Morgan fingerprint density at radius 1 is 1.73 bits per heavy atom. The molecule has 0 spiro atoms. The van der Waals surface area contributed by atoms with Crippen molar-refractivity contribution in [2.75, 3.05) is 5.73 Å². The van der Waals surface area contributed by atoms with Crippen molar-refractivity contribution >= 4 is 15.8 Å². The highest BCUT2D eigenvalue weighted by atomic mass is 32.2. The van der Waals surface area contributed by atoms with E-state index >= 15 is 0 Å². The zero-order chi connectivity index (χ0) is 11.1. The zero-order valence-corrected chi connectivity index (χ0v) is 9.21. The first-order chi connectivity index (χ1) is 7.04. The fourth-order valence-electron chi connectivity index (χ4n) is 1.61. The van der Waals surface area contributed by atoms with Gasteiger partial charge in [-0.3, -0.25) is 5.10 Å². The van der Waals surface area contributed by atoms with Crippen molar-refractivity contribution in [2.45, 2.75) is 30.7 Å². The number of hydrogen-bond donors (Lipinski definition) is 3. The highest BCUT2D eigenvalue weighted by molar-refractivity contribution is 7.89. The van der Waals surface area contributed by atoms with Crippen molar-refractivity contribution in [3.8, 4) is 0 Å². The lowest BCUT2D eigenvalue weighted by atomic mass is 10.3. The standard InChI is InChI=1S/C8H14N4O2S/c1-2-5-3-6(5)12-15(13,14)7-4-10-11-8(7)9/h4-6,12H,2-3H2,1H3,(H3,9,10,11). The summed E-state index contributed by atoms with van der Waals surface area (Å²) in [5, 5.41) is 5.99. The summed E-state index contributed by atoms with van der Waals surface area (Å²) in [6.45, 7) is 2.05. The molecule has 1 aliphatic rings. The van der Waals surface area contributed by atoms with Crippen molar-refractivity contribution in [1.29, 1.82) is 0 Å². The van der Waals surface area contributed by atoms with Gasteiger partial charge in [-0.05, 0) is 12.3 Å². The summed E-state index contributed by atoms with van der Waals surface area (Å²) >= 11 is 0. The molecule has 0 amide bonds. The predicted molar refractivity (Wildman–Crippen MR) is 55.5 cm³/mol. The summed E-state index contributed by atoms with van der Waals surface area (Å²) in [5.74, 6) is 0.545. The number of aromatic nitrogens is 2.